The third kappa shape index (κ3) is 5.32. The molecule has 2 aliphatic rings. The van der Waals surface area contributed by atoms with E-state index in [-0.39, 0.29) is 54.2 Å². The van der Waals surface area contributed by atoms with Gasteiger partial charge in [-0.3, -0.25) is 19.2 Å². The van der Waals surface area contributed by atoms with E-state index in [4.69, 9.17) is 4.74 Å². The van der Waals surface area contributed by atoms with Crippen LogP contribution in [0, 0.1) is 0 Å². The van der Waals surface area contributed by atoms with Crippen molar-refractivity contribution in [3.8, 4) is 5.75 Å². The number of methoxy groups -OCH3 is 1. The van der Waals surface area contributed by atoms with Crippen LogP contribution in [0.2, 0.25) is 0 Å². The van der Waals surface area contributed by atoms with Gasteiger partial charge in [-0.25, -0.2) is 0 Å². The molecule has 38 heavy (non-hydrogen) atoms. The fraction of sp³-hybridized carbons (Fsp3) is 0.310. The smallest absolute Gasteiger partial charge is 0.271 e. The van der Waals surface area contributed by atoms with Gasteiger partial charge in [-0.2, -0.15) is 0 Å². The Labute approximate surface area is 222 Å². The van der Waals surface area contributed by atoms with Crippen LogP contribution in [-0.4, -0.2) is 77.7 Å². The third-order valence-corrected chi connectivity index (χ3v) is 6.75. The molecule has 1 aromatic carbocycles. The largest absolute Gasteiger partial charge is 0.493 e. The first-order valence-electron chi connectivity index (χ1n) is 12.6. The minimum atomic E-state index is -0.411. The second-order valence-corrected chi connectivity index (χ2v) is 9.17. The number of carbonyl (C=O) groups excluding carboxylic acids is 4. The number of hydrogen-bond acceptors (Lipinski definition) is 5. The van der Waals surface area contributed by atoms with Gasteiger partial charge in [0.25, 0.3) is 11.8 Å². The van der Waals surface area contributed by atoms with Gasteiger partial charge in [0.15, 0.2) is 17.2 Å². The first kappa shape index (κ1) is 26.7. The number of likely N-dealkylation sites (tertiary alicyclic amines) is 1. The summed E-state index contributed by atoms with van der Waals surface area (Å²) in [7, 11) is 3.13. The minimum Gasteiger partial charge on any atom is -0.493 e. The van der Waals surface area contributed by atoms with E-state index in [1.54, 1.807) is 59.0 Å². The lowest BCUT2D eigenvalue weighted by atomic mass is 9.99. The van der Waals surface area contributed by atoms with Crippen LogP contribution < -0.4 is 10.1 Å². The van der Waals surface area contributed by atoms with Crippen LogP contribution in [0.3, 0.4) is 0 Å². The quantitative estimate of drug-likeness (QED) is 0.387. The van der Waals surface area contributed by atoms with Crippen molar-refractivity contribution < 1.29 is 23.9 Å². The lowest BCUT2D eigenvalue weighted by Crippen LogP contribution is -2.40. The molecule has 198 valence electrons. The Morgan fingerprint density at radius 3 is 2.55 bits per heavy atom. The van der Waals surface area contributed by atoms with Crippen LogP contribution in [0.4, 0.5) is 0 Å². The normalized spacial score (nSPS) is 16.3. The molecular weight excluding hydrogens is 484 g/mol. The molecule has 0 atom stereocenters. The molecule has 1 aromatic heterocycles. The highest BCUT2D eigenvalue weighted by atomic mass is 16.5. The Morgan fingerprint density at radius 1 is 1.13 bits per heavy atom. The monoisotopic (exact) mass is 516 g/mol. The van der Waals surface area contributed by atoms with Crippen molar-refractivity contribution in [3.05, 3.63) is 83.7 Å². The topological polar surface area (TPSA) is 101 Å². The number of carbonyl (C=O) groups is 4. The maximum Gasteiger partial charge on any atom is 0.271 e. The molecule has 1 N–H and O–H groups in total. The van der Waals surface area contributed by atoms with Crippen LogP contribution in [0.1, 0.15) is 49.7 Å². The van der Waals surface area contributed by atoms with Gasteiger partial charge >= 0.3 is 0 Å². The van der Waals surface area contributed by atoms with Crippen molar-refractivity contribution in [2.45, 2.75) is 12.8 Å². The predicted molar refractivity (Wildman–Crippen MR) is 144 cm³/mol. The SMILES string of the molecule is C=C/C=C\C=C1/CN(CC(=O)c2ccccc2)C(=O)c2c(OC)c(C(=O)NCCN3CCCC3=O)n(C)c21. The Balaban J connectivity index is 1.66. The molecule has 0 aliphatic carbocycles. The van der Waals surface area contributed by atoms with Crippen molar-refractivity contribution in [2.24, 2.45) is 7.05 Å². The van der Waals surface area contributed by atoms with Crippen LogP contribution in [0.25, 0.3) is 5.57 Å². The molecule has 1 fully saturated rings. The number of ketones is 1. The second-order valence-electron chi connectivity index (χ2n) is 9.17. The molecule has 2 aromatic rings. The van der Waals surface area contributed by atoms with Gasteiger partial charge in [-0.1, -0.05) is 61.2 Å². The average molecular weight is 517 g/mol. The van der Waals surface area contributed by atoms with Crippen molar-refractivity contribution >= 4 is 29.1 Å². The Kier molecular flexibility index (Phi) is 8.25. The van der Waals surface area contributed by atoms with E-state index in [1.165, 1.54) is 12.0 Å². The van der Waals surface area contributed by atoms with Gasteiger partial charge in [0, 0.05) is 45.2 Å². The minimum absolute atomic E-state index is 0.0873. The molecule has 2 aliphatic heterocycles. The number of nitrogens with zero attached hydrogens (tertiary/aromatic N) is 3. The number of Topliss-reactive ketones (excluding diaryl/α,β-unsaturated/α-hetero) is 1. The highest BCUT2D eigenvalue weighted by Crippen LogP contribution is 2.38. The second kappa shape index (κ2) is 11.8. The van der Waals surface area contributed by atoms with Gasteiger partial charge in [-0.05, 0) is 12.0 Å². The van der Waals surface area contributed by atoms with Crippen LogP contribution in [-0.2, 0) is 11.8 Å². The highest BCUT2D eigenvalue weighted by Gasteiger charge is 2.38. The maximum atomic E-state index is 13.7. The van der Waals surface area contributed by atoms with Crippen LogP contribution >= 0.6 is 0 Å². The zero-order valence-electron chi connectivity index (χ0n) is 21.7. The van der Waals surface area contributed by atoms with Gasteiger partial charge < -0.3 is 24.4 Å². The maximum absolute atomic E-state index is 13.7. The zero-order chi connectivity index (χ0) is 27.2. The fourth-order valence-electron chi connectivity index (χ4n) is 4.92. The summed E-state index contributed by atoms with van der Waals surface area (Å²) in [6.45, 7) is 5.15. The summed E-state index contributed by atoms with van der Waals surface area (Å²) in [5, 5.41) is 2.86. The Hall–Kier alpha value is -4.40. The van der Waals surface area contributed by atoms with E-state index >= 15 is 0 Å². The Bertz CT molecular complexity index is 1320. The number of allylic oxidation sites excluding steroid dienone is 4. The standard InChI is InChI=1S/C29H32N4O5/c1-4-5-7-13-21-18-33(19-22(34)20-11-8-6-9-12-20)29(37)24-25(21)31(2)26(27(24)38-3)28(36)30-15-17-32-16-10-14-23(32)35/h4-9,11-13H,1,10,14-19H2,2-3H3,(H,30,36)/b7-5-,21-13+. The number of fused-ring (bicyclic) bond motifs is 1. The first-order chi connectivity index (χ1) is 18.4. The molecule has 3 amide bonds. The van der Waals surface area contributed by atoms with Crippen molar-refractivity contribution in [3.63, 3.8) is 0 Å². The summed E-state index contributed by atoms with van der Waals surface area (Å²) in [6, 6.07) is 8.81. The molecule has 1 saturated heterocycles. The predicted octanol–water partition coefficient (Wildman–Crippen LogP) is 2.85. The molecule has 0 saturated carbocycles. The zero-order valence-corrected chi connectivity index (χ0v) is 21.7. The summed E-state index contributed by atoms with van der Waals surface area (Å²) in [5.74, 6) is -0.746. The first-order valence-corrected chi connectivity index (χ1v) is 12.6. The lowest BCUT2D eigenvalue weighted by Gasteiger charge is -2.29. The summed E-state index contributed by atoms with van der Waals surface area (Å²) < 4.78 is 7.28. The van der Waals surface area contributed by atoms with E-state index in [9.17, 15) is 19.2 Å². The lowest BCUT2D eigenvalue weighted by molar-refractivity contribution is -0.127. The van der Waals surface area contributed by atoms with E-state index in [0.717, 1.165) is 12.0 Å². The summed E-state index contributed by atoms with van der Waals surface area (Å²) in [6.07, 6.45) is 8.39. The summed E-state index contributed by atoms with van der Waals surface area (Å²) >= 11 is 0. The molecule has 9 nitrogen and oxygen atoms in total. The summed E-state index contributed by atoms with van der Waals surface area (Å²) in [5.41, 5.74) is 2.26. The molecular formula is C29H32N4O5. The molecule has 4 rings (SSSR count). The average Bonchev–Trinajstić information content (AvgIpc) is 3.46. The van der Waals surface area contributed by atoms with Gasteiger partial charge in [0.05, 0.1) is 19.3 Å². The van der Waals surface area contributed by atoms with Gasteiger partial charge in [0.1, 0.15) is 5.56 Å². The highest BCUT2D eigenvalue weighted by molar-refractivity contribution is 6.11. The molecule has 3 heterocycles. The van der Waals surface area contributed by atoms with Crippen molar-refractivity contribution in [1.29, 1.82) is 0 Å². The van der Waals surface area contributed by atoms with Gasteiger partial charge in [-0.15, -0.1) is 0 Å². The number of nitrogens with one attached hydrogen (secondary N) is 1. The Morgan fingerprint density at radius 2 is 1.89 bits per heavy atom. The molecule has 0 bridgehead atoms. The molecule has 9 heteroatoms. The summed E-state index contributed by atoms with van der Waals surface area (Å²) in [4.78, 5) is 55.0. The fourth-order valence-corrected chi connectivity index (χ4v) is 4.92. The van der Waals surface area contributed by atoms with Gasteiger partial charge in [0.2, 0.25) is 5.91 Å². The number of aromatic nitrogens is 1. The molecule has 0 spiro atoms. The van der Waals surface area contributed by atoms with E-state index in [2.05, 4.69) is 11.9 Å². The molecule has 0 unspecified atom stereocenters. The van der Waals surface area contributed by atoms with E-state index in [0.29, 0.717) is 30.8 Å². The van der Waals surface area contributed by atoms with Crippen molar-refractivity contribution in [2.75, 3.05) is 39.8 Å². The number of rotatable bonds is 10. The van der Waals surface area contributed by atoms with Crippen molar-refractivity contribution in [1.82, 2.24) is 19.7 Å². The van der Waals surface area contributed by atoms with Crippen LogP contribution in [0.15, 0.2) is 61.2 Å². The number of ether oxygens (including phenoxy) is 1. The number of benzene rings is 1. The molecule has 0 radical (unpaired) electrons. The van der Waals surface area contributed by atoms with E-state index < -0.39 is 5.91 Å². The van der Waals surface area contributed by atoms with Crippen LogP contribution in [0.5, 0.6) is 5.75 Å². The third-order valence-electron chi connectivity index (χ3n) is 6.75. The van der Waals surface area contributed by atoms with E-state index in [1.807, 2.05) is 12.1 Å². The number of amides is 3. The number of hydrogen-bond donors (Lipinski definition) is 1.